The summed E-state index contributed by atoms with van der Waals surface area (Å²) in [4.78, 5) is 4.86. The summed E-state index contributed by atoms with van der Waals surface area (Å²) in [5.41, 5.74) is 4.98. The van der Waals surface area contributed by atoms with Crippen LogP contribution in [0, 0.1) is 0 Å². The maximum Gasteiger partial charge on any atom is 0.0503 e. The van der Waals surface area contributed by atoms with Gasteiger partial charge in [0.25, 0.3) is 0 Å². The Morgan fingerprint density at radius 1 is 0.947 bits per heavy atom. The van der Waals surface area contributed by atoms with E-state index in [0.717, 1.165) is 0 Å². The third kappa shape index (κ3) is 2.60. The van der Waals surface area contributed by atoms with Crippen LogP contribution in [-0.4, -0.2) is 11.8 Å². The number of nitrogens with zero attached hydrogens (tertiary/aromatic N) is 1. The molecule has 0 N–H and O–H groups in total. The largest absolute Gasteiger partial charge is 0.286 e. The molecule has 0 aliphatic heterocycles. The summed E-state index contributed by atoms with van der Waals surface area (Å²) in [5.74, 6) is 0. The van der Waals surface area contributed by atoms with Crippen molar-refractivity contribution in [2.24, 2.45) is 4.99 Å². The molecule has 19 heavy (non-hydrogen) atoms. The van der Waals surface area contributed by atoms with E-state index in [9.17, 15) is 0 Å². The summed E-state index contributed by atoms with van der Waals surface area (Å²) in [7, 11) is 0. The van der Waals surface area contributed by atoms with Gasteiger partial charge in [-0.3, -0.25) is 4.99 Å². The van der Waals surface area contributed by atoms with Gasteiger partial charge in [0.1, 0.15) is 0 Å². The quantitative estimate of drug-likeness (QED) is 0.698. The van der Waals surface area contributed by atoms with Crippen molar-refractivity contribution in [2.45, 2.75) is 32.2 Å². The molecule has 2 aromatic carbocycles. The van der Waals surface area contributed by atoms with Gasteiger partial charge < -0.3 is 0 Å². The zero-order chi connectivity index (χ0) is 13.1. The summed E-state index contributed by atoms with van der Waals surface area (Å²) in [6.07, 6.45) is 3.84. The standard InChI is InChI=1S/C18H19N/c1-14(19-16-10-7-11-16)17-12-5-6-13-18(17)15-8-3-2-4-9-15/h2-6,8-9,12-13,16H,7,10-11H2,1H3. The molecule has 0 spiro atoms. The van der Waals surface area contributed by atoms with E-state index in [-0.39, 0.29) is 0 Å². The normalized spacial score (nSPS) is 16.2. The number of hydrogen-bond donors (Lipinski definition) is 0. The van der Waals surface area contributed by atoms with Gasteiger partial charge in [-0.1, -0.05) is 54.6 Å². The van der Waals surface area contributed by atoms with Crippen LogP contribution in [0.3, 0.4) is 0 Å². The summed E-state index contributed by atoms with van der Waals surface area (Å²) < 4.78 is 0. The third-order valence-corrected chi connectivity index (χ3v) is 3.85. The van der Waals surface area contributed by atoms with Crippen molar-refractivity contribution in [3.63, 3.8) is 0 Å². The smallest absolute Gasteiger partial charge is 0.0503 e. The van der Waals surface area contributed by atoms with Gasteiger partial charge in [0.05, 0.1) is 6.04 Å². The summed E-state index contributed by atoms with van der Waals surface area (Å²) in [6.45, 7) is 2.14. The Bertz CT molecular complexity index is 580. The van der Waals surface area contributed by atoms with Gasteiger partial charge >= 0.3 is 0 Å². The van der Waals surface area contributed by atoms with Crippen molar-refractivity contribution in [1.82, 2.24) is 0 Å². The van der Waals surface area contributed by atoms with Crippen molar-refractivity contribution in [2.75, 3.05) is 0 Å². The Kier molecular flexibility index (Phi) is 3.45. The minimum atomic E-state index is 0.559. The zero-order valence-electron chi connectivity index (χ0n) is 11.3. The molecule has 96 valence electrons. The van der Waals surface area contributed by atoms with Crippen molar-refractivity contribution in [3.05, 3.63) is 60.2 Å². The molecule has 1 heteroatoms. The molecule has 0 saturated heterocycles. The average Bonchev–Trinajstić information content (AvgIpc) is 2.43. The molecule has 0 heterocycles. The highest BCUT2D eigenvalue weighted by Crippen LogP contribution is 2.27. The van der Waals surface area contributed by atoms with Crippen LogP contribution >= 0.6 is 0 Å². The molecule has 1 nitrogen and oxygen atoms in total. The Hall–Kier alpha value is -1.89. The highest BCUT2D eigenvalue weighted by molar-refractivity contribution is 6.04. The van der Waals surface area contributed by atoms with Crippen LogP contribution in [0.1, 0.15) is 31.7 Å². The van der Waals surface area contributed by atoms with Gasteiger partial charge in [-0.25, -0.2) is 0 Å². The van der Waals surface area contributed by atoms with Crippen molar-refractivity contribution >= 4 is 5.71 Å². The molecule has 0 atom stereocenters. The molecule has 3 rings (SSSR count). The fourth-order valence-electron chi connectivity index (χ4n) is 2.53. The van der Waals surface area contributed by atoms with Crippen LogP contribution in [0.4, 0.5) is 0 Å². The van der Waals surface area contributed by atoms with Crippen LogP contribution in [0.5, 0.6) is 0 Å². The number of rotatable bonds is 3. The lowest BCUT2D eigenvalue weighted by molar-refractivity contribution is 0.420. The Morgan fingerprint density at radius 3 is 2.32 bits per heavy atom. The molecule has 1 saturated carbocycles. The Labute approximate surface area is 115 Å². The first-order valence-corrected chi connectivity index (χ1v) is 7.04. The highest BCUT2D eigenvalue weighted by Gasteiger charge is 2.17. The van der Waals surface area contributed by atoms with E-state index in [1.807, 2.05) is 0 Å². The SMILES string of the molecule is CC(=NC1CCC1)c1ccccc1-c1ccccc1. The van der Waals surface area contributed by atoms with E-state index >= 15 is 0 Å². The Balaban J connectivity index is 2.00. The van der Waals surface area contributed by atoms with E-state index in [1.165, 1.54) is 41.7 Å². The van der Waals surface area contributed by atoms with Gasteiger partial charge in [-0.05, 0) is 37.3 Å². The van der Waals surface area contributed by atoms with Crippen LogP contribution in [0.15, 0.2) is 59.6 Å². The monoisotopic (exact) mass is 249 g/mol. The van der Waals surface area contributed by atoms with Gasteiger partial charge in [0, 0.05) is 11.3 Å². The molecule has 1 aliphatic rings. The van der Waals surface area contributed by atoms with Crippen LogP contribution in [-0.2, 0) is 0 Å². The maximum absolute atomic E-state index is 4.86. The van der Waals surface area contributed by atoms with Gasteiger partial charge in [-0.2, -0.15) is 0 Å². The topological polar surface area (TPSA) is 12.4 Å². The summed E-state index contributed by atoms with van der Waals surface area (Å²) >= 11 is 0. The van der Waals surface area contributed by atoms with Crippen LogP contribution < -0.4 is 0 Å². The molecule has 0 radical (unpaired) electrons. The van der Waals surface area contributed by atoms with Gasteiger partial charge in [0.2, 0.25) is 0 Å². The Morgan fingerprint density at radius 2 is 1.63 bits per heavy atom. The van der Waals surface area contributed by atoms with Crippen LogP contribution in [0.2, 0.25) is 0 Å². The molecule has 2 aromatic rings. The first kappa shape index (κ1) is 12.2. The summed E-state index contributed by atoms with van der Waals surface area (Å²) in [5, 5.41) is 0. The third-order valence-electron chi connectivity index (χ3n) is 3.85. The minimum Gasteiger partial charge on any atom is -0.286 e. The number of aliphatic imine (C=N–C) groups is 1. The fourth-order valence-corrected chi connectivity index (χ4v) is 2.53. The minimum absolute atomic E-state index is 0.559. The van der Waals surface area contributed by atoms with Crippen molar-refractivity contribution in [1.29, 1.82) is 0 Å². The zero-order valence-corrected chi connectivity index (χ0v) is 11.3. The summed E-state index contributed by atoms with van der Waals surface area (Å²) in [6, 6.07) is 19.7. The van der Waals surface area contributed by atoms with Crippen molar-refractivity contribution < 1.29 is 0 Å². The van der Waals surface area contributed by atoms with E-state index in [0.29, 0.717) is 6.04 Å². The predicted octanol–water partition coefficient (Wildman–Crippen LogP) is 4.72. The first-order valence-electron chi connectivity index (χ1n) is 7.04. The second-order valence-corrected chi connectivity index (χ2v) is 5.21. The average molecular weight is 249 g/mol. The molecule has 0 unspecified atom stereocenters. The molecule has 0 bridgehead atoms. The van der Waals surface area contributed by atoms with Crippen molar-refractivity contribution in [3.8, 4) is 11.1 Å². The second-order valence-electron chi connectivity index (χ2n) is 5.21. The maximum atomic E-state index is 4.86. The fraction of sp³-hybridized carbons (Fsp3) is 0.278. The predicted molar refractivity (Wildman–Crippen MR) is 81.7 cm³/mol. The number of hydrogen-bond acceptors (Lipinski definition) is 1. The van der Waals surface area contributed by atoms with Crippen LogP contribution in [0.25, 0.3) is 11.1 Å². The molecular formula is C18H19N. The molecule has 1 aliphatic carbocycles. The number of benzene rings is 2. The van der Waals surface area contributed by atoms with E-state index in [2.05, 4.69) is 61.5 Å². The highest BCUT2D eigenvalue weighted by atomic mass is 14.8. The molecular weight excluding hydrogens is 230 g/mol. The lowest BCUT2D eigenvalue weighted by Gasteiger charge is -2.22. The molecule has 0 aromatic heterocycles. The van der Waals surface area contributed by atoms with E-state index in [4.69, 9.17) is 4.99 Å². The van der Waals surface area contributed by atoms with E-state index < -0.39 is 0 Å². The first-order chi connectivity index (χ1) is 9.34. The molecule has 1 fully saturated rings. The molecule has 0 amide bonds. The lowest BCUT2D eigenvalue weighted by Crippen LogP contribution is -2.17. The van der Waals surface area contributed by atoms with Gasteiger partial charge in [-0.15, -0.1) is 0 Å². The van der Waals surface area contributed by atoms with E-state index in [1.54, 1.807) is 0 Å². The second kappa shape index (κ2) is 5.40. The van der Waals surface area contributed by atoms with Gasteiger partial charge in [0.15, 0.2) is 0 Å². The lowest BCUT2D eigenvalue weighted by atomic mass is 9.92.